The fourth-order valence-corrected chi connectivity index (χ4v) is 3.67. The predicted molar refractivity (Wildman–Crippen MR) is 107 cm³/mol. The van der Waals surface area contributed by atoms with Crippen molar-refractivity contribution in [2.75, 3.05) is 13.2 Å². The molecule has 2 aromatic rings. The van der Waals surface area contributed by atoms with Gasteiger partial charge in [0.15, 0.2) is 6.10 Å². The van der Waals surface area contributed by atoms with Gasteiger partial charge in [0.1, 0.15) is 17.6 Å². The summed E-state index contributed by atoms with van der Waals surface area (Å²) >= 11 is 6.68. The van der Waals surface area contributed by atoms with E-state index in [0.29, 0.717) is 11.1 Å². The van der Waals surface area contributed by atoms with Gasteiger partial charge in [0.25, 0.3) is 0 Å². The van der Waals surface area contributed by atoms with Crippen LogP contribution in [-0.4, -0.2) is 53.4 Å². The highest BCUT2D eigenvalue weighted by molar-refractivity contribution is 6.25. The van der Waals surface area contributed by atoms with Gasteiger partial charge in [-0.2, -0.15) is 0 Å². The second kappa shape index (κ2) is 9.39. The molecule has 4 atom stereocenters. The topological polar surface area (TPSA) is 82.1 Å². The first kappa shape index (κ1) is 21.3. The SMILES string of the molecule is CC1(Cl)C(CCO)OC(COC(=O)c2ccccc2)C1OC(=O)c1ccccc1. The van der Waals surface area contributed by atoms with E-state index in [9.17, 15) is 14.7 Å². The summed E-state index contributed by atoms with van der Waals surface area (Å²) < 4.78 is 17.0. The van der Waals surface area contributed by atoms with E-state index in [-0.39, 0.29) is 19.6 Å². The third-order valence-electron chi connectivity index (χ3n) is 4.89. The van der Waals surface area contributed by atoms with E-state index in [1.54, 1.807) is 67.6 Å². The number of halogens is 1. The summed E-state index contributed by atoms with van der Waals surface area (Å²) in [4.78, 5) is 23.7. The summed E-state index contributed by atoms with van der Waals surface area (Å²) in [6.45, 7) is 1.42. The number of alkyl halides is 1. The van der Waals surface area contributed by atoms with Crippen LogP contribution in [0.3, 0.4) is 0 Å². The van der Waals surface area contributed by atoms with Crippen LogP contribution in [0.1, 0.15) is 34.1 Å². The molecule has 4 unspecified atom stereocenters. The Morgan fingerprint density at radius 1 is 1.03 bits per heavy atom. The number of aliphatic hydroxyl groups excluding tert-OH is 1. The van der Waals surface area contributed by atoms with Crippen molar-refractivity contribution in [3.8, 4) is 0 Å². The maximum Gasteiger partial charge on any atom is 0.338 e. The molecular weight excluding hydrogens is 396 g/mol. The van der Waals surface area contributed by atoms with E-state index in [1.165, 1.54) is 0 Å². The Morgan fingerprint density at radius 3 is 2.14 bits per heavy atom. The summed E-state index contributed by atoms with van der Waals surface area (Å²) in [6, 6.07) is 17.1. The predicted octanol–water partition coefficient (Wildman–Crippen LogP) is 3.22. The van der Waals surface area contributed by atoms with Crippen molar-refractivity contribution in [3.05, 3.63) is 71.8 Å². The molecule has 1 aliphatic heterocycles. The molecule has 2 aromatic carbocycles. The second-order valence-corrected chi connectivity index (χ2v) is 7.80. The minimum absolute atomic E-state index is 0.134. The smallest absolute Gasteiger partial charge is 0.338 e. The van der Waals surface area contributed by atoms with Crippen LogP contribution in [0.5, 0.6) is 0 Å². The summed E-state index contributed by atoms with van der Waals surface area (Å²) in [5, 5.41) is 9.33. The van der Waals surface area contributed by atoms with Gasteiger partial charge in [-0.15, -0.1) is 11.6 Å². The molecule has 1 saturated heterocycles. The molecule has 3 rings (SSSR count). The first-order chi connectivity index (χ1) is 13.9. The number of rotatable bonds is 7. The molecule has 1 N–H and O–H groups in total. The van der Waals surface area contributed by atoms with Gasteiger partial charge in [-0.1, -0.05) is 36.4 Å². The Bertz CT molecular complexity index is 824. The van der Waals surface area contributed by atoms with Crippen molar-refractivity contribution in [3.63, 3.8) is 0 Å². The van der Waals surface area contributed by atoms with E-state index in [0.717, 1.165) is 0 Å². The van der Waals surface area contributed by atoms with Crippen molar-refractivity contribution >= 4 is 23.5 Å². The van der Waals surface area contributed by atoms with Crippen molar-refractivity contribution < 1.29 is 28.9 Å². The normalized spacial score (nSPS) is 26.1. The Kier molecular flexibility index (Phi) is 6.90. The molecule has 29 heavy (non-hydrogen) atoms. The zero-order chi connectivity index (χ0) is 20.9. The van der Waals surface area contributed by atoms with Crippen LogP contribution in [0.15, 0.2) is 60.7 Å². The highest BCUT2D eigenvalue weighted by atomic mass is 35.5. The zero-order valence-corrected chi connectivity index (χ0v) is 16.7. The van der Waals surface area contributed by atoms with Crippen LogP contribution >= 0.6 is 11.6 Å². The van der Waals surface area contributed by atoms with E-state index in [4.69, 9.17) is 25.8 Å². The minimum atomic E-state index is -1.09. The molecule has 154 valence electrons. The number of aliphatic hydroxyl groups is 1. The van der Waals surface area contributed by atoms with E-state index in [1.807, 2.05) is 0 Å². The fraction of sp³-hybridized carbons (Fsp3) is 0.364. The first-order valence-electron chi connectivity index (χ1n) is 9.37. The van der Waals surface area contributed by atoms with E-state index in [2.05, 4.69) is 0 Å². The third kappa shape index (κ3) is 4.96. The van der Waals surface area contributed by atoms with Crippen molar-refractivity contribution in [2.24, 2.45) is 0 Å². The molecule has 1 heterocycles. The molecule has 0 radical (unpaired) electrons. The zero-order valence-electron chi connectivity index (χ0n) is 16.0. The minimum Gasteiger partial charge on any atom is -0.459 e. The number of hydrogen-bond donors (Lipinski definition) is 1. The molecule has 0 aromatic heterocycles. The van der Waals surface area contributed by atoms with Gasteiger partial charge in [0.05, 0.1) is 17.2 Å². The van der Waals surface area contributed by atoms with Crippen LogP contribution in [-0.2, 0) is 14.2 Å². The Morgan fingerprint density at radius 2 is 1.59 bits per heavy atom. The molecule has 0 bridgehead atoms. The van der Waals surface area contributed by atoms with Crippen LogP contribution in [0.25, 0.3) is 0 Å². The average molecular weight is 419 g/mol. The molecule has 0 amide bonds. The summed E-state index contributed by atoms with van der Waals surface area (Å²) in [5.74, 6) is -1.06. The van der Waals surface area contributed by atoms with Crippen LogP contribution in [0, 0.1) is 0 Å². The summed E-state index contributed by atoms with van der Waals surface area (Å²) in [6.07, 6.45) is -1.92. The Hall–Kier alpha value is -2.41. The molecule has 1 fully saturated rings. The van der Waals surface area contributed by atoms with Crippen molar-refractivity contribution in [2.45, 2.75) is 36.5 Å². The fourth-order valence-electron chi connectivity index (χ4n) is 3.32. The largest absolute Gasteiger partial charge is 0.459 e. The maximum atomic E-state index is 12.6. The van der Waals surface area contributed by atoms with E-state index < -0.39 is 35.1 Å². The quantitative estimate of drug-likeness (QED) is 0.549. The van der Waals surface area contributed by atoms with Crippen LogP contribution in [0.2, 0.25) is 0 Å². The molecule has 0 spiro atoms. The van der Waals surface area contributed by atoms with E-state index >= 15 is 0 Å². The maximum absolute atomic E-state index is 12.6. The molecule has 0 aliphatic carbocycles. The van der Waals surface area contributed by atoms with Gasteiger partial charge < -0.3 is 19.3 Å². The number of esters is 2. The van der Waals surface area contributed by atoms with Crippen molar-refractivity contribution in [1.29, 1.82) is 0 Å². The lowest BCUT2D eigenvalue weighted by Gasteiger charge is -2.28. The number of carbonyl (C=O) groups is 2. The molecule has 0 saturated carbocycles. The van der Waals surface area contributed by atoms with Gasteiger partial charge in [-0.3, -0.25) is 0 Å². The number of carbonyl (C=O) groups excluding carboxylic acids is 2. The standard InChI is InChI=1S/C22H23ClO6/c1-22(23)18(12-13-24)28-17(14-27-20(25)15-8-4-2-5-9-15)19(22)29-21(26)16-10-6-3-7-11-16/h2-11,17-19,24H,12-14H2,1H3. The number of hydrogen-bond acceptors (Lipinski definition) is 6. The molecular formula is C22H23ClO6. The monoisotopic (exact) mass is 418 g/mol. The Labute approximate surface area is 174 Å². The summed E-state index contributed by atoms with van der Waals surface area (Å²) in [7, 11) is 0. The van der Waals surface area contributed by atoms with Gasteiger partial charge in [0, 0.05) is 6.61 Å². The van der Waals surface area contributed by atoms with Gasteiger partial charge in [0.2, 0.25) is 0 Å². The van der Waals surface area contributed by atoms with Gasteiger partial charge >= 0.3 is 11.9 Å². The Balaban J connectivity index is 1.73. The highest BCUT2D eigenvalue weighted by Gasteiger charge is 2.55. The molecule has 6 nitrogen and oxygen atoms in total. The molecule has 1 aliphatic rings. The average Bonchev–Trinajstić information content (AvgIpc) is 2.97. The number of ether oxygens (including phenoxy) is 3. The lowest BCUT2D eigenvalue weighted by atomic mass is 9.95. The highest BCUT2D eigenvalue weighted by Crippen LogP contribution is 2.40. The van der Waals surface area contributed by atoms with Gasteiger partial charge in [-0.25, -0.2) is 9.59 Å². The van der Waals surface area contributed by atoms with Crippen LogP contribution < -0.4 is 0 Å². The lowest BCUT2D eigenvalue weighted by Crippen LogP contribution is -2.44. The first-order valence-corrected chi connectivity index (χ1v) is 9.74. The summed E-state index contributed by atoms with van der Waals surface area (Å²) in [5.41, 5.74) is 0.787. The third-order valence-corrected chi connectivity index (χ3v) is 5.34. The number of benzene rings is 2. The van der Waals surface area contributed by atoms with Crippen LogP contribution in [0.4, 0.5) is 0 Å². The van der Waals surface area contributed by atoms with Gasteiger partial charge in [-0.05, 0) is 37.6 Å². The lowest BCUT2D eigenvalue weighted by molar-refractivity contribution is -0.0452. The molecule has 7 heteroatoms. The van der Waals surface area contributed by atoms with Crippen molar-refractivity contribution in [1.82, 2.24) is 0 Å². The second-order valence-electron chi connectivity index (χ2n) is 6.98.